The van der Waals surface area contributed by atoms with Gasteiger partial charge in [0.05, 0.1) is 24.3 Å². The van der Waals surface area contributed by atoms with Crippen molar-refractivity contribution in [3.63, 3.8) is 0 Å². The average molecular weight is 418 g/mol. The molecule has 1 atom stereocenters. The Kier molecular flexibility index (Phi) is 5.24. The third-order valence-electron chi connectivity index (χ3n) is 4.28. The minimum absolute atomic E-state index is 0.0289. The fourth-order valence-electron chi connectivity index (χ4n) is 3.04. The molecule has 28 heavy (non-hydrogen) atoms. The summed E-state index contributed by atoms with van der Waals surface area (Å²) >= 11 is 5.99. The SMILES string of the molecule is COC(=O)N(c1ncc(C(F)(F)F)cc1F)C1CCC(=O)c2c1ccnc2Cl. The number of alkyl halides is 3. The number of carbonyl (C=O) groups is 2. The van der Waals surface area contributed by atoms with E-state index in [4.69, 9.17) is 11.6 Å². The molecule has 1 unspecified atom stereocenters. The van der Waals surface area contributed by atoms with Gasteiger partial charge in [0.1, 0.15) is 5.15 Å². The first-order chi connectivity index (χ1) is 13.1. The molecule has 0 aromatic carbocycles. The molecule has 1 aliphatic rings. The lowest BCUT2D eigenvalue weighted by Crippen LogP contribution is -2.39. The molecule has 0 saturated heterocycles. The second-order valence-corrected chi connectivity index (χ2v) is 6.27. The molecule has 3 rings (SSSR count). The van der Waals surface area contributed by atoms with E-state index in [1.54, 1.807) is 0 Å². The fourth-order valence-corrected chi connectivity index (χ4v) is 3.31. The quantitative estimate of drug-likeness (QED) is 0.528. The van der Waals surface area contributed by atoms with Crippen molar-refractivity contribution in [3.8, 4) is 0 Å². The van der Waals surface area contributed by atoms with Crippen LogP contribution in [0, 0.1) is 5.82 Å². The zero-order valence-corrected chi connectivity index (χ0v) is 15.0. The largest absolute Gasteiger partial charge is 0.452 e. The summed E-state index contributed by atoms with van der Waals surface area (Å²) in [7, 11) is 1.03. The van der Waals surface area contributed by atoms with Gasteiger partial charge in [-0.25, -0.2) is 19.2 Å². The number of nitrogens with zero attached hydrogens (tertiary/aromatic N) is 3. The number of hydrogen-bond acceptors (Lipinski definition) is 5. The van der Waals surface area contributed by atoms with Gasteiger partial charge >= 0.3 is 12.3 Å². The van der Waals surface area contributed by atoms with Crippen LogP contribution in [0.5, 0.6) is 0 Å². The summed E-state index contributed by atoms with van der Waals surface area (Å²) < 4.78 is 57.5. The van der Waals surface area contributed by atoms with Crippen LogP contribution in [0.2, 0.25) is 5.15 Å². The minimum atomic E-state index is -4.80. The van der Waals surface area contributed by atoms with E-state index in [1.807, 2.05) is 0 Å². The van der Waals surface area contributed by atoms with Gasteiger partial charge < -0.3 is 4.74 Å². The summed E-state index contributed by atoms with van der Waals surface area (Å²) in [5, 5.41) is -0.0853. The number of Topliss-reactive ketones (excluding diaryl/α,β-unsaturated/α-hetero) is 1. The maximum absolute atomic E-state index is 14.5. The molecule has 0 saturated carbocycles. The van der Waals surface area contributed by atoms with Crippen LogP contribution in [0.4, 0.5) is 28.2 Å². The molecule has 1 amide bonds. The van der Waals surface area contributed by atoms with Gasteiger partial charge in [0, 0.05) is 18.8 Å². The first-order valence-corrected chi connectivity index (χ1v) is 8.30. The summed E-state index contributed by atoms with van der Waals surface area (Å²) in [6.45, 7) is 0. The zero-order chi connectivity index (χ0) is 20.6. The molecule has 2 aromatic rings. The Labute approximate surface area is 161 Å². The maximum Gasteiger partial charge on any atom is 0.417 e. The zero-order valence-electron chi connectivity index (χ0n) is 14.3. The second-order valence-electron chi connectivity index (χ2n) is 5.91. The number of anilines is 1. The van der Waals surface area contributed by atoms with Gasteiger partial charge in [-0.05, 0) is 24.1 Å². The lowest BCUT2D eigenvalue weighted by Gasteiger charge is -2.33. The first kappa shape index (κ1) is 20.0. The van der Waals surface area contributed by atoms with Gasteiger partial charge in [0.15, 0.2) is 17.4 Å². The molecule has 0 N–H and O–H groups in total. The second kappa shape index (κ2) is 7.34. The normalized spacial score (nSPS) is 16.5. The highest BCUT2D eigenvalue weighted by Crippen LogP contribution is 2.40. The molecule has 0 radical (unpaired) electrons. The number of pyridine rings is 2. The molecule has 2 aromatic heterocycles. The predicted octanol–water partition coefficient (Wildman–Crippen LogP) is 4.58. The Morgan fingerprint density at radius 2 is 2.07 bits per heavy atom. The molecule has 11 heteroatoms. The summed E-state index contributed by atoms with van der Waals surface area (Å²) in [4.78, 5) is 32.7. The monoisotopic (exact) mass is 417 g/mol. The standard InChI is InChI=1S/C17H12ClF4N3O3/c1-28-16(27)25(15-10(19)6-8(7-24-15)17(20,21)22)11-2-3-12(26)13-9(11)4-5-23-14(13)18/h4-7,11H,2-3H2,1H3. The molecule has 0 fully saturated rings. The Bertz CT molecular complexity index is 952. The van der Waals surface area contributed by atoms with Crippen LogP contribution in [-0.2, 0) is 10.9 Å². The van der Waals surface area contributed by atoms with Crippen LogP contribution in [0.25, 0.3) is 0 Å². The van der Waals surface area contributed by atoms with Crippen LogP contribution in [0.3, 0.4) is 0 Å². The van der Waals surface area contributed by atoms with E-state index in [0.717, 1.165) is 12.0 Å². The van der Waals surface area contributed by atoms with Crippen molar-refractivity contribution in [2.24, 2.45) is 0 Å². The van der Waals surface area contributed by atoms with E-state index in [1.165, 1.54) is 12.3 Å². The van der Waals surface area contributed by atoms with Crippen molar-refractivity contribution in [2.75, 3.05) is 12.0 Å². The Morgan fingerprint density at radius 1 is 1.36 bits per heavy atom. The van der Waals surface area contributed by atoms with Crippen LogP contribution in [-0.4, -0.2) is 29.0 Å². The number of amides is 1. The highest BCUT2D eigenvalue weighted by atomic mass is 35.5. The van der Waals surface area contributed by atoms with E-state index in [-0.39, 0.29) is 41.0 Å². The number of carbonyl (C=O) groups excluding carboxylic acids is 2. The van der Waals surface area contributed by atoms with Crippen LogP contribution in [0.15, 0.2) is 24.5 Å². The number of rotatable bonds is 2. The number of halogens is 5. The van der Waals surface area contributed by atoms with Crippen molar-refractivity contribution >= 4 is 29.3 Å². The fraction of sp³-hybridized carbons (Fsp3) is 0.294. The molecule has 6 nitrogen and oxygen atoms in total. The van der Waals surface area contributed by atoms with E-state index < -0.39 is 35.5 Å². The van der Waals surface area contributed by atoms with Crippen molar-refractivity contribution in [2.45, 2.75) is 25.1 Å². The van der Waals surface area contributed by atoms with E-state index in [2.05, 4.69) is 14.7 Å². The van der Waals surface area contributed by atoms with E-state index in [9.17, 15) is 27.2 Å². The van der Waals surface area contributed by atoms with Crippen LogP contribution < -0.4 is 4.90 Å². The smallest absolute Gasteiger partial charge is 0.417 e. The third-order valence-corrected chi connectivity index (χ3v) is 4.57. The van der Waals surface area contributed by atoms with E-state index in [0.29, 0.717) is 6.20 Å². The molecular formula is C17H12ClF4N3O3. The van der Waals surface area contributed by atoms with Crippen LogP contribution >= 0.6 is 11.6 Å². The number of ketones is 1. The van der Waals surface area contributed by atoms with Crippen molar-refractivity contribution < 1.29 is 31.9 Å². The summed E-state index contributed by atoms with van der Waals surface area (Å²) in [6.07, 6.45) is -4.08. The molecule has 1 aliphatic carbocycles. The lowest BCUT2D eigenvalue weighted by molar-refractivity contribution is -0.138. The summed E-state index contributed by atoms with van der Waals surface area (Å²) in [5.74, 6) is -2.33. The summed E-state index contributed by atoms with van der Waals surface area (Å²) in [5.41, 5.74) is -0.950. The number of hydrogen-bond donors (Lipinski definition) is 0. The van der Waals surface area contributed by atoms with Gasteiger partial charge in [0.2, 0.25) is 0 Å². The molecule has 148 valence electrons. The number of aromatic nitrogens is 2. The first-order valence-electron chi connectivity index (χ1n) is 7.92. The maximum atomic E-state index is 14.5. The minimum Gasteiger partial charge on any atom is -0.452 e. The predicted molar refractivity (Wildman–Crippen MR) is 89.6 cm³/mol. The van der Waals surface area contributed by atoms with Crippen molar-refractivity contribution in [1.29, 1.82) is 0 Å². The van der Waals surface area contributed by atoms with Gasteiger partial charge in [-0.3, -0.25) is 9.69 Å². The highest BCUT2D eigenvalue weighted by molar-refractivity contribution is 6.33. The summed E-state index contributed by atoms with van der Waals surface area (Å²) in [6, 6.07) is 0.743. The van der Waals surface area contributed by atoms with Gasteiger partial charge in [-0.2, -0.15) is 13.2 Å². The number of ether oxygens (including phenoxy) is 1. The van der Waals surface area contributed by atoms with Gasteiger partial charge in [0.25, 0.3) is 0 Å². The molecule has 0 bridgehead atoms. The van der Waals surface area contributed by atoms with E-state index >= 15 is 0 Å². The van der Waals surface area contributed by atoms with Crippen molar-refractivity contribution in [1.82, 2.24) is 9.97 Å². The number of fused-ring (bicyclic) bond motifs is 1. The molecular weight excluding hydrogens is 406 g/mol. The van der Waals surface area contributed by atoms with Gasteiger partial charge in [-0.1, -0.05) is 11.6 Å². The third kappa shape index (κ3) is 3.51. The molecule has 2 heterocycles. The Balaban J connectivity index is 2.14. The number of methoxy groups -OCH3 is 1. The van der Waals surface area contributed by atoms with Crippen molar-refractivity contribution in [3.05, 3.63) is 52.2 Å². The molecule has 0 spiro atoms. The Morgan fingerprint density at radius 3 is 2.68 bits per heavy atom. The van der Waals surface area contributed by atoms with Gasteiger partial charge in [-0.15, -0.1) is 0 Å². The van der Waals surface area contributed by atoms with Crippen LogP contribution in [0.1, 0.15) is 40.4 Å². The Hall–Kier alpha value is -2.75. The topological polar surface area (TPSA) is 72.4 Å². The highest BCUT2D eigenvalue weighted by Gasteiger charge is 2.39. The lowest BCUT2D eigenvalue weighted by atomic mass is 9.87. The average Bonchev–Trinajstić information content (AvgIpc) is 2.63. The molecule has 0 aliphatic heterocycles.